The van der Waals surface area contributed by atoms with Gasteiger partial charge in [0, 0.05) is 10.9 Å². The Morgan fingerprint density at radius 2 is 1.84 bits per heavy atom. The van der Waals surface area contributed by atoms with Crippen molar-refractivity contribution >= 4 is 11.3 Å². The van der Waals surface area contributed by atoms with Gasteiger partial charge in [-0.3, -0.25) is 11.3 Å². The summed E-state index contributed by atoms with van der Waals surface area (Å²) in [5.74, 6) is 5.65. The second kappa shape index (κ2) is 8.10. The molecular weight excluding hydrogens is 252 g/mol. The van der Waals surface area contributed by atoms with Gasteiger partial charge in [-0.15, -0.1) is 11.3 Å². The van der Waals surface area contributed by atoms with Gasteiger partial charge in [0.2, 0.25) is 0 Å². The van der Waals surface area contributed by atoms with Crippen LogP contribution in [0.1, 0.15) is 29.7 Å². The van der Waals surface area contributed by atoms with Crippen LogP contribution in [0.5, 0.6) is 0 Å². The molecule has 1 heterocycles. The topological polar surface area (TPSA) is 38.0 Å². The zero-order valence-corrected chi connectivity index (χ0v) is 12.0. The molecular formula is C16H22N2S. The molecule has 0 radical (unpaired) electrons. The van der Waals surface area contributed by atoms with Crippen LogP contribution in [0.2, 0.25) is 0 Å². The normalized spacial score (nSPS) is 12.5. The van der Waals surface area contributed by atoms with E-state index in [1.165, 1.54) is 23.3 Å². The third-order valence-corrected chi connectivity index (χ3v) is 4.35. The van der Waals surface area contributed by atoms with Gasteiger partial charge in [-0.1, -0.05) is 36.4 Å². The molecule has 0 saturated carbocycles. The van der Waals surface area contributed by atoms with Gasteiger partial charge in [-0.25, -0.2) is 0 Å². The van der Waals surface area contributed by atoms with E-state index in [2.05, 4.69) is 53.3 Å². The van der Waals surface area contributed by atoms with E-state index in [0.29, 0.717) is 6.04 Å². The Morgan fingerprint density at radius 1 is 1.00 bits per heavy atom. The van der Waals surface area contributed by atoms with Crippen molar-refractivity contribution < 1.29 is 0 Å². The summed E-state index contributed by atoms with van der Waals surface area (Å²) in [5, 5.41) is 2.14. The minimum Gasteiger partial charge on any atom is -0.271 e. The predicted molar refractivity (Wildman–Crippen MR) is 83.1 cm³/mol. The van der Waals surface area contributed by atoms with Crippen LogP contribution in [-0.2, 0) is 12.8 Å². The van der Waals surface area contributed by atoms with E-state index in [0.717, 1.165) is 19.3 Å². The van der Waals surface area contributed by atoms with Gasteiger partial charge in [0.1, 0.15) is 0 Å². The Labute approximate surface area is 119 Å². The Kier molecular flexibility index (Phi) is 6.08. The van der Waals surface area contributed by atoms with E-state index < -0.39 is 0 Å². The summed E-state index contributed by atoms with van der Waals surface area (Å²) in [7, 11) is 0. The van der Waals surface area contributed by atoms with Gasteiger partial charge < -0.3 is 0 Å². The lowest BCUT2D eigenvalue weighted by Crippen LogP contribution is -2.35. The molecule has 0 aliphatic carbocycles. The van der Waals surface area contributed by atoms with E-state index in [-0.39, 0.29) is 0 Å². The molecule has 0 amide bonds. The molecule has 0 bridgehead atoms. The number of rotatable bonds is 8. The highest BCUT2D eigenvalue weighted by atomic mass is 32.1. The number of benzene rings is 1. The Bertz CT molecular complexity index is 439. The maximum atomic E-state index is 5.65. The van der Waals surface area contributed by atoms with Crippen LogP contribution in [0, 0.1) is 0 Å². The van der Waals surface area contributed by atoms with Crippen LogP contribution in [0.25, 0.3) is 0 Å². The fourth-order valence-corrected chi connectivity index (χ4v) is 3.03. The van der Waals surface area contributed by atoms with Crippen LogP contribution in [0.15, 0.2) is 47.8 Å². The molecule has 2 nitrogen and oxygen atoms in total. The summed E-state index contributed by atoms with van der Waals surface area (Å²) in [5.41, 5.74) is 4.35. The number of nitrogens with one attached hydrogen (secondary N) is 1. The second-order valence-corrected chi connectivity index (χ2v) is 5.89. The first-order valence-corrected chi connectivity index (χ1v) is 7.79. The summed E-state index contributed by atoms with van der Waals surface area (Å²) in [6.45, 7) is 0. The molecule has 2 aromatic rings. The van der Waals surface area contributed by atoms with Crippen molar-refractivity contribution in [2.75, 3.05) is 0 Å². The summed E-state index contributed by atoms with van der Waals surface area (Å²) >= 11 is 1.84. The van der Waals surface area contributed by atoms with Crippen molar-refractivity contribution in [3.05, 3.63) is 58.3 Å². The van der Waals surface area contributed by atoms with Crippen LogP contribution in [0.3, 0.4) is 0 Å². The largest absolute Gasteiger partial charge is 0.271 e. The van der Waals surface area contributed by atoms with Gasteiger partial charge in [0.05, 0.1) is 0 Å². The van der Waals surface area contributed by atoms with Gasteiger partial charge in [0.25, 0.3) is 0 Å². The highest BCUT2D eigenvalue weighted by molar-refractivity contribution is 7.09. The van der Waals surface area contributed by atoms with Crippen LogP contribution in [-0.4, -0.2) is 6.04 Å². The van der Waals surface area contributed by atoms with Crippen molar-refractivity contribution in [2.45, 2.75) is 38.1 Å². The zero-order valence-electron chi connectivity index (χ0n) is 11.2. The molecule has 1 unspecified atom stereocenters. The number of hydrogen-bond acceptors (Lipinski definition) is 3. The van der Waals surface area contributed by atoms with Crippen LogP contribution >= 0.6 is 11.3 Å². The number of nitrogens with two attached hydrogens (primary N) is 1. The maximum Gasteiger partial charge on any atom is 0.0213 e. The fraction of sp³-hybridized carbons (Fsp3) is 0.375. The molecule has 1 aromatic heterocycles. The first-order chi connectivity index (χ1) is 9.38. The van der Waals surface area contributed by atoms with Crippen molar-refractivity contribution in [1.29, 1.82) is 0 Å². The Morgan fingerprint density at radius 3 is 2.53 bits per heavy atom. The lowest BCUT2D eigenvalue weighted by atomic mass is 10.0. The number of thiophene rings is 1. The quantitative estimate of drug-likeness (QED) is 0.571. The highest BCUT2D eigenvalue weighted by Crippen LogP contribution is 2.14. The number of hydrazine groups is 1. The molecule has 2 rings (SSSR count). The van der Waals surface area contributed by atoms with Gasteiger partial charge in [-0.05, 0) is 49.1 Å². The molecule has 0 spiro atoms. The van der Waals surface area contributed by atoms with Gasteiger partial charge in [-0.2, -0.15) is 0 Å². The fourth-order valence-electron chi connectivity index (χ4n) is 2.27. The second-order valence-electron chi connectivity index (χ2n) is 4.86. The monoisotopic (exact) mass is 274 g/mol. The highest BCUT2D eigenvalue weighted by Gasteiger charge is 2.07. The summed E-state index contributed by atoms with van der Waals surface area (Å²) in [6.07, 6.45) is 5.70. The maximum absolute atomic E-state index is 5.65. The standard InChI is InChI=1S/C16H22N2S/c17-18-15(8-4-9-16-10-5-13-19-16)12-11-14-6-2-1-3-7-14/h1-3,5-7,10,13,15,18H,4,8-9,11-12,17H2. The number of aryl methyl sites for hydroxylation is 2. The van der Waals surface area contributed by atoms with E-state index >= 15 is 0 Å². The van der Waals surface area contributed by atoms with Crippen molar-refractivity contribution in [3.8, 4) is 0 Å². The Balaban J connectivity index is 1.68. The summed E-state index contributed by atoms with van der Waals surface area (Å²) in [4.78, 5) is 1.47. The smallest absolute Gasteiger partial charge is 0.0213 e. The molecule has 0 saturated heterocycles. The molecule has 0 aliphatic rings. The van der Waals surface area contributed by atoms with Crippen molar-refractivity contribution in [1.82, 2.24) is 5.43 Å². The van der Waals surface area contributed by atoms with Crippen molar-refractivity contribution in [2.24, 2.45) is 5.84 Å². The molecule has 0 fully saturated rings. The van der Waals surface area contributed by atoms with Crippen LogP contribution < -0.4 is 11.3 Å². The van der Waals surface area contributed by atoms with Crippen LogP contribution in [0.4, 0.5) is 0 Å². The minimum absolute atomic E-state index is 0.417. The predicted octanol–water partition coefficient (Wildman–Crippen LogP) is 3.54. The third-order valence-electron chi connectivity index (χ3n) is 3.42. The molecule has 19 heavy (non-hydrogen) atoms. The van der Waals surface area contributed by atoms with E-state index in [4.69, 9.17) is 5.84 Å². The van der Waals surface area contributed by atoms with Crippen molar-refractivity contribution in [3.63, 3.8) is 0 Å². The average molecular weight is 274 g/mol. The zero-order chi connectivity index (χ0) is 13.3. The molecule has 3 heteroatoms. The first kappa shape index (κ1) is 14.3. The SMILES string of the molecule is NNC(CCCc1cccs1)CCc1ccccc1. The Hall–Kier alpha value is -1.16. The minimum atomic E-state index is 0.417. The molecule has 3 N–H and O–H groups in total. The molecule has 0 aliphatic heterocycles. The molecule has 1 atom stereocenters. The van der Waals surface area contributed by atoms with Gasteiger partial charge >= 0.3 is 0 Å². The average Bonchev–Trinajstić information content (AvgIpc) is 2.97. The summed E-state index contributed by atoms with van der Waals surface area (Å²) in [6, 6.07) is 15.4. The molecule has 102 valence electrons. The van der Waals surface area contributed by atoms with E-state index in [1.54, 1.807) is 0 Å². The van der Waals surface area contributed by atoms with E-state index in [1.807, 2.05) is 11.3 Å². The van der Waals surface area contributed by atoms with E-state index in [9.17, 15) is 0 Å². The van der Waals surface area contributed by atoms with Gasteiger partial charge in [0.15, 0.2) is 0 Å². The summed E-state index contributed by atoms with van der Waals surface area (Å²) < 4.78 is 0. The lowest BCUT2D eigenvalue weighted by molar-refractivity contribution is 0.452. The first-order valence-electron chi connectivity index (χ1n) is 6.91. The molecule has 1 aromatic carbocycles. The lowest BCUT2D eigenvalue weighted by Gasteiger charge is -2.15. The number of hydrogen-bond donors (Lipinski definition) is 2. The third kappa shape index (κ3) is 5.15.